The molecule has 0 radical (unpaired) electrons. The number of rotatable bonds is 2. The van der Waals surface area contributed by atoms with Gasteiger partial charge in [0.25, 0.3) is 0 Å². The predicted molar refractivity (Wildman–Crippen MR) is 90.0 cm³/mol. The maximum absolute atomic E-state index is 5.03. The van der Waals surface area contributed by atoms with Gasteiger partial charge in [-0.1, -0.05) is 69.3 Å². The van der Waals surface area contributed by atoms with Gasteiger partial charge in [-0.15, -0.1) is 0 Å². The molecule has 0 aliphatic carbocycles. The molecular formula is C19H22N2. The van der Waals surface area contributed by atoms with E-state index in [0.717, 1.165) is 12.4 Å². The van der Waals surface area contributed by atoms with Gasteiger partial charge in [-0.2, -0.15) is 0 Å². The van der Waals surface area contributed by atoms with Crippen LogP contribution in [0, 0.1) is 5.41 Å². The van der Waals surface area contributed by atoms with Crippen LogP contribution in [0.2, 0.25) is 0 Å². The third-order valence-electron chi connectivity index (χ3n) is 3.99. The van der Waals surface area contributed by atoms with Gasteiger partial charge in [-0.05, 0) is 17.5 Å². The molecule has 2 heteroatoms. The van der Waals surface area contributed by atoms with Crippen molar-refractivity contribution in [2.24, 2.45) is 10.4 Å². The summed E-state index contributed by atoms with van der Waals surface area (Å²) in [6.45, 7) is 7.73. The van der Waals surface area contributed by atoms with Crippen LogP contribution in [0.3, 0.4) is 0 Å². The SMILES string of the molecule is CC(C)(C)[C@H]1CN(c2ccccc2)C(c2ccccc2)=N1. The van der Waals surface area contributed by atoms with Crippen LogP contribution in [0.15, 0.2) is 65.7 Å². The maximum Gasteiger partial charge on any atom is 0.135 e. The van der Waals surface area contributed by atoms with E-state index >= 15 is 0 Å². The van der Waals surface area contributed by atoms with Gasteiger partial charge in [0, 0.05) is 17.8 Å². The number of hydrogen-bond donors (Lipinski definition) is 0. The normalized spacial score (nSPS) is 18.7. The van der Waals surface area contributed by atoms with E-state index in [2.05, 4.69) is 80.3 Å². The highest BCUT2D eigenvalue weighted by Gasteiger charge is 2.34. The Morgan fingerprint density at radius 1 is 0.905 bits per heavy atom. The van der Waals surface area contributed by atoms with Crippen molar-refractivity contribution in [2.45, 2.75) is 26.8 Å². The number of amidine groups is 1. The van der Waals surface area contributed by atoms with Crippen LogP contribution in [0.5, 0.6) is 0 Å². The molecule has 0 spiro atoms. The minimum absolute atomic E-state index is 0.170. The molecule has 0 aromatic heterocycles. The second-order valence-electron chi connectivity index (χ2n) is 6.65. The molecule has 1 atom stereocenters. The van der Waals surface area contributed by atoms with E-state index in [1.165, 1.54) is 11.3 Å². The molecule has 1 heterocycles. The summed E-state index contributed by atoms with van der Waals surface area (Å²) >= 11 is 0. The van der Waals surface area contributed by atoms with E-state index in [0.29, 0.717) is 6.04 Å². The predicted octanol–water partition coefficient (Wildman–Crippen LogP) is 4.37. The Kier molecular flexibility index (Phi) is 3.54. The summed E-state index contributed by atoms with van der Waals surface area (Å²) in [4.78, 5) is 7.37. The average Bonchev–Trinajstić information content (AvgIpc) is 2.94. The van der Waals surface area contributed by atoms with Crippen molar-refractivity contribution >= 4 is 11.5 Å². The lowest BCUT2D eigenvalue weighted by Gasteiger charge is -2.26. The Hall–Kier alpha value is -2.09. The molecule has 0 bridgehead atoms. The molecule has 0 unspecified atom stereocenters. The van der Waals surface area contributed by atoms with Crippen molar-refractivity contribution in [1.29, 1.82) is 0 Å². The molecule has 1 aliphatic heterocycles. The Balaban J connectivity index is 2.02. The van der Waals surface area contributed by atoms with Crippen LogP contribution < -0.4 is 4.90 Å². The fourth-order valence-electron chi connectivity index (χ4n) is 2.64. The van der Waals surface area contributed by atoms with Crippen molar-refractivity contribution in [2.75, 3.05) is 11.4 Å². The van der Waals surface area contributed by atoms with Crippen molar-refractivity contribution in [3.8, 4) is 0 Å². The van der Waals surface area contributed by atoms with Crippen molar-refractivity contribution in [3.05, 3.63) is 66.2 Å². The number of aliphatic imine (C=N–C) groups is 1. The average molecular weight is 278 g/mol. The number of benzene rings is 2. The maximum atomic E-state index is 5.03. The summed E-state index contributed by atoms with van der Waals surface area (Å²) in [5, 5.41) is 0. The highest BCUT2D eigenvalue weighted by atomic mass is 15.3. The van der Waals surface area contributed by atoms with E-state index in [1.807, 2.05) is 6.07 Å². The molecule has 0 amide bonds. The zero-order valence-corrected chi connectivity index (χ0v) is 13.0. The van der Waals surface area contributed by atoms with Crippen molar-refractivity contribution in [3.63, 3.8) is 0 Å². The van der Waals surface area contributed by atoms with Gasteiger partial charge in [-0.25, -0.2) is 0 Å². The van der Waals surface area contributed by atoms with E-state index < -0.39 is 0 Å². The van der Waals surface area contributed by atoms with Crippen LogP contribution in [0.1, 0.15) is 26.3 Å². The summed E-state index contributed by atoms with van der Waals surface area (Å²) in [6.07, 6.45) is 0. The molecule has 0 N–H and O–H groups in total. The molecular weight excluding hydrogens is 256 g/mol. The summed E-state index contributed by atoms with van der Waals surface area (Å²) < 4.78 is 0. The molecule has 2 aromatic carbocycles. The highest BCUT2D eigenvalue weighted by molar-refractivity contribution is 6.11. The minimum Gasteiger partial charge on any atom is -0.324 e. The largest absolute Gasteiger partial charge is 0.324 e. The van der Waals surface area contributed by atoms with Crippen LogP contribution >= 0.6 is 0 Å². The van der Waals surface area contributed by atoms with E-state index in [1.54, 1.807) is 0 Å². The lowest BCUT2D eigenvalue weighted by atomic mass is 9.87. The number of hydrogen-bond acceptors (Lipinski definition) is 2. The molecule has 2 aromatic rings. The summed E-state index contributed by atoms with van der Waals surface area (Å²) in [5.41, 5.74) is 2.57. The molecule has 108 valence electrons. The second-order valence-corrected chi connectivity index (χ2v) is 6.65. The van der Waals surface area contributed by atoms with Crippen molar-refractivity contribution < 1.29 is 0 Å². The topological polar surface area (TPSA) is 15.6 Å². The standard InChI is InChI=1S/C19H22N2/c1-19(2,3)17-14-21(16-12-8-5-9-13-16)18(20-17)15-10-6-4-7-11-15/h4-13,17H,14H2,1-3H3/t17-/m1/s1. The van der Waals surface area contributed by atoms with Gasteiger partial charge in [0.15, 0.2) is 0 Å². The van der Waals surface area contributed by atoms with Gasteiger partial charge in [0.2, 0.25) is 0 Å². The van der Waals surface area contributed by atoms with Gasteiger partial charge in [0.05, 0.1) is 6.04 Å². The smallest absolute Gasteiger partial charge is 0.135 e. The Bertz CT molecular complexity index is 624. The van der Waals surface area contributed by atoms with E-state index in [4.69, 9.17) is 4.99 Å². The lowest BCUT2D eigenvalue weighted by Crippen LogP contribution is -2.34. The molecule has 0 saturated carbocycles. The first kappa shape index (κ1) is 13.9. The summed E-state index contributed by atoms with van der Waals surface area (Å²) in [6, 6.07) is 21.3. The number of anilines is 1. The first-order valence-corrected chi connectivity index (χ1v) is 7.51. The van der Waals surface area contributed by atoms with E-state index in [-0.39, 0.29) is 5.41 Å². The molecule has 3 rings (SSSR count). The van der Waals surface area contributed by atoms with Crippen LogP contribution in [-0.4, -0.2) is 18.4 Å². The van der Waals surface area contributed by atoms with Gasteiger partial charge < -0.3 is 4.90 Å². The fraction of sp³-hybridized carbons (Fsp3) is 0.316. The highest BCUT2D eigenvalue weighted by Crippen LogP contribution is 2.31. The number of nitrogens with zero attached hydrogens (tertiary/aromatic N) is 2. The van der Waals surface area contributed by atoms with Crippen LogP contribution in [-0.2, 0) is 0 Å². The summed E-state index contributed by atoms with van der Waals surface area (Å²) in [5.74, 6) is 1.08. The molecule has 0 fully saturated rings. The first-order chi connectivity index (χ1) is 10.1. The van der Waals surface area contributed by atoms with Gasteiger partial charge >= 0.3 is 0 Å². The monoisotopic (exact) mass is 278 g/mol. The molecule has 21 heavy (non-hydrogen) atoms. The molecule has 2 nitrogen and oxygen atoms in total. The first-order valence-electron chi connectivity index (χ1n) is 7.51. The van der Waals surface area contributed by atoms with E-state index in [9.17, 15) is 0 Å². The number of para-hydroxylation sites is 1. The van der Waals surface area contributed by atoms with Crippen LogP contribution in [0.25, 0.3) is 0 Å². The van der Waals surface area contributed by atoms with Gasteiger partial charge in [0.1, 0.15) is 5.84 Å². The van der Waals surface area contributed by atoms with Crippen LogP contribution in [0.4, 0.5) is 5.69 Å². The molecule has 0 saturated heterocycles. The zero-order chi connectivity index (χ0) is 14.9. The Morgan fingerprint density at radius 2 is 1.48 bits per heavy atom. The Morgan fingerprint density at radius 3 is 2.05 bits per heavy atom. The summed E-state index contributed by atoms with van der Waals surface area (Å²) in [7, 11) is 0. The minimum atomic E-state index is 0.170. The third kappa shape index (κ3) is 2.85. The zero-order valence-electron chi connectivity index (χ0n) is 13.0. The van der Waals surface area contributed by atoms with Gasteiger partial charge in [-0.3, -0.25) is 4.99 Å². The lowest BCUT2D eigenvalue weighted by molar-refractivity contribution is 0.337. The van der Waals surface area contributed by atoms with Crippen molar-refractivity contribution in [1.82, 2.24) is 0 Å². The molecule has 1 aliphatic rings. The third-order valence-corrected chi connectivity index (χ3v) is 3.99. The fourth-order valence-corrected chi connectivity index (χ4v) is 2.64. The quantitative estimate of drug-likeness (QED) is 0.796. The second kappa shape index (κ2) is 5.36. The Labute approximate surface area is 127 Å².